The highest BCUT2D eigenvalue weighted by Crippen LogP contribution is 2.16. The van der Waals surface area contributed by atoms with E-state index in [9.17, 15) is 9.59 Å². The van der Waals surface area contributed by atoms with E-state index in [0.717, 1.165) is 13.1 Å². The summed E-state index contributed by atoms with van der Waals surface area (Å²) in [6.45, 7) is 1.44. The SMILES string of the molecule is O=C1CC(=O)C2=C1NCCN2. The van der Waals surface area contributed by atoms with Crippen LogP contribution in [0.3, 0.4) is 0 Å². The molecule has 0 saturated heterocycles. The van der Waals surface area contributed by atoms with E-state index < -0.39 is 0 Å². The van der Waals surface area contributed by atoms with Crippen molar-refractivity contribution in [3.05, 3.63) is 11.4 Å². The fraction of sp³-hybridized carbons (Fsp3) is 0.429. The van der Waals surface area contributed by atoms with Crippen LogP contribution < -0.4 is 10.6 Å². The van der Waals surface area contributed by atoms with Crippen molar-refractivity contribution in [2.45, 2.75) is 6.42 Å². The van der Waals surface area contributed by atoms with Crippen molar-refractivity contribution in [3.8, 4) is 0 Å². The quantitative estimate of drug-likeness (QED) is 0.434. The largest absolute Gasteiger partial charge is 0.379 e. The summed E-state index contributed by atoms with van der Waals surface area (Å²) < 4.78 is 0. The molecule has 4 heteroatoms. The van der Waals surface area contributed by atoms with Gasteiger partial charge in [-0.15, -0.1) is 0 Å². The highest BCUT2D eigenvalue weighted by Gasteiger charge is 2.31. The number of carbonyl (C=O) groups excluding carboxylic acids is 2. The van der Waals surface area contributed by atoms with E-state index >= 15 is 0 Å². The third-order valence-corrected chi connectivity index (χ3v) is 1.86. The first-order chi connectivity index (χ1) is 5.29. The van der Waals surface area contributed by atoms with E-state index in [1.165, 1.54) is 0 Å². The molecule has 1 aliphatic carbocycles. The van der Waals surface area contributed by atoms with Gasteiger partial charge in [0.05, 0.1) is 6.42 Å². The van der Waals surface area contributed by atoms with Crippen LogP contribution in [-0.4, -0.2) is 24.7 Å². The fourth-order valence-corrected chi connectivity index (χ4v) is 1.35. The number of allylic oxidation sites excluding steroid dienone is 2. The molecule has 0 unspecified atom stereocenters. The van der Waals surface area contributed by atoms with Crippen LogP contribution in [0.15, 0.2) is 11.4 Å². The molecule has 11 heavy (non-hydrogen) atoms. The first-order valence-electron chi connectivity index (χ1n) is 3.57. The van der Waals surface area contributed by atoms with Crippen molar-refractivity contribution in [1.29, 1.82) is 0 Å². The second-order valence-electron chi connectivity index (χ2n) is 2.63. The zero-order valence-corrected chi connectivity index (χ0v) is 5.94. The lowest BCUT2D eigenvalue weighted by Gasteiger charge is -2.15. The molecule has 0 aromatic heterocycles. The summed E-state index contributed by atoms with van der Waals surface area (Å²) in [6, 6.07) is 0. The number of carbonyl (C=O) groups is 2. The van der Waals surface area contributed by atoms with Crippen molar-refractivity contribution in [2.24, 2.45) is 0 Å². The minimum Gasteiger partial charge on any atom is -0.379 e. The maximum Gasteiger partial charge on any atom is 0.188 e. The highest BCUT2D eigenvalue weighted by molar-refractivity contribution is 6.21. The summed E-state index contributed by atoms with van der Waals surface area (Å²) in [5.41, 5.74) is 0.975. The monoisotopic (exact) mass is 152 g/mol. The smallest absolute Gasteiger partial charge is 0.188 e. The van der Waals surface area contributed by atoms with Gasteiger partial charge in [0.15, 0.2) is 11.6 Å². The second kappa shape index (κ2) is 2.08. The van der Waals surface area contributed by atoms with Crippen LogP contribution >= 0.6 is 0 Å². The fourth-order valence-electron chi connectivity index (χ4n) is 1.35. The number of hydrogen-bond acceptors (Lipinski definition) is 4. The Morgan fingerprint density at radius 2 is 1.36 bits per heavy atom. The standard InChI is InChI=1S/C7H8N2O2/c10-4-3-5(11)7-6(4)8-1-2-9-7/h8-9H,1-3H2. The summed E-state index contributed by atoms with van der Waals surface area (Å²) in [6.07, 6.45) is 0.0324. The van der Waals surface area contributed by atoms with Crippen LogP contribution in [0, 0.1) is 0 Å². The van der Waals surface area contributed by atoms with Crippen LogP contribution in [0.2, 0.25) is 0 Å². The molecule has 0 atom stereocenters. The van der Waals surface area contributed by atoms with E-state index in [0.29, 0.717) is 11.4 Å². The van der Waals surface area contributed by atoms with Crippen LogP contribution in [-0.2, 0) is 9.59 Å². The van der Waals surface area contributed by atoms with Gasteiger partial charge in [-0.3, -0.25) is 9.59 Å². The van der Waals surface area contributed by atoms with Crippen LogP contribution in [0.4, 0.5) is 0 Å². The minimum atomic E-state index is -0.0859. The molecule has 0 spiro atoms. The molecule has 0 saturated carbocycles. The molecular weight excluding hydrogens is 144 g/mol. The molecule has 0 aromatic rings. The van der Waals surface area contributed by atoms with E-state index in [-0.39, 0.29) is 18.0 Å². The lowest BCUT2D eigenvalue weighted by Crippen LogP contribution is -2.36. The summed E-state index contributed by atoms with van der Waals surface area (Å²) >= 11 is 0. The van der Waals surface area contributed by atoms with Gasteiger partial charge in [-0.1, -0.05) is 0 Å². The average Bonchev–Trinajstić information content (AvgIpc) is 2.30. The Morgan fingerprint density at radius 3 is 1.82 bits per heavy atom. The summed E-state index contributed by atoms with van der Waals surface area (Å²) in [4.78, 5) is 22.1. The van der Waals surface area contributed by atoms with E-state index in [4.69, 9.17) is 0 Å². The van der Waals surface area contributed by atoms with Gasteiger partial charge in [-0.25, -0.2) is 0 Å². The number of rotatable bonds is 0. The van der Waals surface area contributed by atoms with Crippen LogP contribution in [0.1, 0.15) is 6.42 Å². The first-order valence-corrected chi connectivity index (χ1v) is 3.57. The lowest BCUT2D eigenvalue weighted by atomic mass is 10.3. The summed E-state index contributed by atoms with van der Waals surface area (Å²) in [7, 11) is 0. The molecule has 0 aromatic carbocycles. The van der Waals surface area contributed by atoms with Gasteiger partial charge in [0.2, 0.25) is 0 Å². The van der Waals surface area contributed by atoms with Gasteiger partial charge >= 0.3 is 0 Å². The number of nitrogens with one attached hydrogen (secondary N) is 2. The van der Waals surface area contributed by atoms with Crippen LogP contribution in [0.25, 0.3) is 0 Å². The third kappa shape index (κ3) is 0.824. The Balaban J connectivity index is 2.40. The minimum absolute atomic E-state index is 0.0324. The van der Waals surface area contributed by atoms with Crippen molar-refractivity contribution in [1.82, 2.24) is 10.6 Å². The number of hydrogen-bond donors (Lipinski definition) is 2. The van der Waals surface area contributed by atoms with Crippen LogP contribution in [0.5, 0.6) is 0 Å². The molecule has 2 rings (SSSR count). The molecule has 2 N–H and O–H groups in total. The van der Waals surface area contributed by atoms with Gasteiger partial charge in [-0.05, 0) is 0 Å². The van der Waals surface area contributed by atoms with Crippen molar-refractivity contribution >= 4 is 11.6 Å². The maximum atomic E-state index is 11.0. The van der Waals surface area contributed by atoms with E-state index in [1.807, 2.05) is 0 Å². The number of ketones is 2. The topological polar surface area (TPSA) is 58.2 Å². The lowest BCUT2D eigenvalue weighted by molar-refractivity contribution is -0.121. The van der Waals surface area contributed by atoms with Crippen molar-refractivity contribution in [3.63, 3.8) is 0 Å². The second-order valence-corrected chi connectivity index (χ2v) is 2.63. The van der Waals surface area contributed by atoms with Gasteiger partial charge in [0.25, 0.3) is 0 Å². The van der Waals surface area contributed by atoms with Crippen molar-refractivity contribution in [2.75, 3.05) is 13.1 Å². The molecule has 1 aliphatic heterocycles. The molecule has 58 valence electrons. The highest BCUT2D eigenvalue weighted by atomic mass is 16.2. The molecule has 1 heterocycles. The van der Waals surface area contributed by atoms with E-state index in [2.05, 4.69) is 10.6 Å². The predicted molar refractivity (Wildman–Crippen MR) is 37.7 cm³/mol. The van der Waals surface area contributed by atoms with Gasteiger partial charge in [-0.2, -0.15) is 0 Å². The van der Waals surface area contributed by atoms with Gasteiger partial charge < -0.3 is 10.6 Å². The van der Waals surface area contributed by atoms with E-state index in [1.54, 1.807) is 0 Å². The Morgan fingerprint density at radius 1 is 0.909 bits per heavy atom. The van der Waals surface area contributed by atoms with Gasteiger partial charge in [0, 0.05) is 13.1 Å². The molecule has 2 aliphatic rings. The molecule has 4 nitrogen and oxygen atoms in total. The molecule has 0 fully saturated rings. The third-order valence-electron chi connectivity index (χ3n) is 1.86. The Kier molecular flexibility index (Phi) is 1.21. The van der Waals surface area contributed by atoms with Gasteiger partial charge in [0.1, 0.15) is 11.4 Å². The predicted octanol–water partition coefficient (Wildman–Crippen LogP) is -1.07. The zero-order valence-electron chi connectivity index (χ0n) is 5.94. The summed E-state index contributed by atoms with van der Waals surface area (Å²) in [5, 5.41) is 5.82. The first kappa shape index (κ1) is 6.39. The zero-order chi connectivity index (χ0) is 7.84. The maximum absolute atomic E-state index is 11.0. The summed E-state index contributed by atoms with van der Waals surface area (Å²) in [5.74, 6) is -0.172. The molecule has 0 bridgehead atoms. The van der Waals surface area contributed by atoms with Crippen molar-refractivity contribution < 1.29 is 9.59 Å². The Bertz CT molecular complexity index is 242. The molecule has 0 radical (unpaired) electrons. The molecular formula is C7H8N2O2. The number of Topliss-reactive ketones (excluding diaryl/α,β-unsaturated/α-hetero) is 2. The molecule has 0 amide bonds. The normalized spacial score (nSPS) is 22.9. The average molecular weight is 152 g/mol. The Hall–Kier alpha value is -1.32. The Labute approximate surface area is 63.7 Å².